The van der Waals surface area contributed by atoms with Crippen LogP contribution < -0.4 is 40.0 Å². The zero-order chi connectivity index (χ0) is 41.8. The van der Waals surface area contributed by atoms with Crippen LogP contribution in [0, 0.1) is 5.92 Å². The van der Waals surface area contributed by atoms with Crippen LogP contribution in [0.5, 0.6) is 5.88 Å². The Kier molecular flexibility index (Phi) is 18.7. The van der Waals surface area contributed by atoms with Gasteiger partial charge in [-0.15, -0.1) is 0 Å². The monoisotopic (exact) mass is 830 g/mol. The number of nitrogens with two attached hydrogens (primary N) is 1. The van der Waals surface area contributed by atoms with Gasteiger partial charge in [0, 0.05) is 37.6 Å². The van der Waals surface area contributed by atoms with Gasteiger partial charge in [0.1, 0.15) is 24.2 Å². The molecule has 1 saturated heterocycles. The van der Waals surface area contributed by atoms with Gasteiger partial charge in [-0.05, 0) is 77.0 Å². The van der Waals surface area contributed by atoms with Crippen LogP contribution in [0.25, 0.3) is 11.0 Å². The molecule has 0 radical (unpaired) electrons. The summed E-state index contributed by atoms with van der Waals surface area (Å²) < 4.78 is 40.2. The number of rotatable bonds is 16. The number of carbonyl (C=O) groups excluding carboxylic acids is 3. The largest absolute Gasteiger partial charge is 1.00 e. The topological polar surface area (TPSA) is 173 Å². The second kappa shape index (κ2) is 22.2. The Hall–Kier alpha value is -3.48. The van der Waals surface area contributed by atoms with Gasteiger partial charge in [0.15, 0.2) is 5.79 Å². The van der Waals surface area contributed by atoms with Crippen molar-refractivity contribution >= 4 is 48.0 Å². The molecule has 4 aromatic rings. The van der Waals surface area contributed by atoms with Crippen molar-refractivity contribution in [3.8, 4) is 5.88 Å². The number of ether oxygens (including phenoxy) is 4. The number of fused-ring (bicyclic) bond motifs is 1. The fraction of sp³-hybridized carbons (Fsp3) is 0.488. The van der Waals surface area contributed by atoms with Crippen molar-refractivity contribution in [1.29, 1.82) is 0 Å². The molecular formula is C41H56BN4NaO10S. The molecule has 1 fully saturated rings. The molecule has 2 aromatic carbocycles. The van der Waals surface area contributed by atoms with E-state index in [1.165, 1.54) is 5.56 Å². The van der Waals surface area contributed by atoms with E-state index in [4.69, 9.17) is 29.7 Å². The molecule has 58 heavy (non-hydrogen) atoms. The quantitative estimate of drug-likeness (QED) is 0.164. The molecule has 0 aliphatic carbocycles. The van der Waals surface area contributed by atoms with Gasteiger partial charge in [0.2, 0.25) is 5.88 Å². The summed E-state index contributed by atoms with van der Waals surface area (Å²) in [5.74, 6) is -2.13. The van der Waals surface area contributed by atoms with E-state index in [2.05, 4.69) is 78.4 Å². The second-order valence-corrected chi connectivity index (χ2v) is 16.5. The molecule has 1 aliphatic heterocycles. The average Bonchev–Trinajstić information content (AvgIpc) is 3.67. The number of benzene rings is 2. The molecule has 2 aromatic heterocycles. The van der Waals surface area contributed by atoms with Gasteiger partial charge in [-0.1, -0.05) is 60.7 Å². The van der Waals surface area contributed by atoms with Crippen molar-refractivity contribution in [3.05, 3.63) is 89.9 Å². The van der Waals surface area contributed by atoms with Crippen LogP contribution in [0.4, 0.5) is 0 Å². The number of nitrogens with zero attached hydrogens (tertiary/aromatic N) is 3. The Bertz CT molecular complexity index is 1890. The van der Waals surface area contributed by atoms with E-state index in [-0.39, 0.29) is 46.3 Å². The third-order valence-corrected chi connectivity index (χ3v) is 10.5. The summed E-state index contributed by atoms with van der Waals surface area (Å²) in [7, 11) is -2.41. The summed E-state index contributed by atoms with van der Waals surface area (Å²) >= 11 is 1.84. The van der Waals surface area contributed by atoms with Crippen molar-refractivity contribution in [3.63, 3.8) is 0 Å². The van der Waals surface area contributed by atoms with Crippen LogP contribution in [0.1, 0.15) is 72.1 Å². The minimum absolute atomic E-state index is 0. The molecule has 2 N–H and O–H groups in total. The van der Waals surface area contributed by atoms with Crippen molar-refractivity contribution < 1.29 is 76.9 Å². The van der Waals surface area contributed by atoms with Crippen LogP contribution in [0.2, 0.25) is 0 Å². The first-order valence-corrected chi connectivity index (χ1v) is 20.1. The van der Waals surface area contributed by atoms with Crippen LogP contribution in [0.3, 0.4) is 0 Å². The van der Waals surface area contributed by atoms with Crippen molar-refractivity contribution in [2.45, 2.75) is 104 Å². The average molecular weight is 831 g/mol. The molecule has 0 spiro atoms. The minimum atomic E-state index is -2.41. The third kappa shape index (κ3) is 14.7. The standard InChI is InChI=1S/C35H46N4O4S.C6H10BO6.Na/c1-33(2,3)43-32-31-30(37-23-38-32)27(20-39(31)24-40-21-26-15-11-8-12-16-26)18-35(44-6,17-25-13-9-7-10-14-25)28(19-36)29-22-41-34(4,5)42-29;1-4(8)11-7(12-5(2)9)13-6(3)10;/h7-16,20,23,28-29H,17-19,21-22,24,36H2,1-6H3;7H,1-3H3;/q;-1;+1/t28-,29+,35+;;/m1../s1. The van der Waals surface area contributed by atoms with Crippen LogP contribution in [0.15, 0.2) is 73.2 Å². The van der Waals surface area contributed by atoms with Gasteiger partial charge in [-0.3, -0.25) is 14.4 Å². The summed E-state index contributed by atoms with van der Waals surface area (Å²) in [4.78, 5) is 40.7. The Morgan fingerprint density at radius 2 is 1.50 bits per heavy atom. The fourth-order valence-electron chi connectivity index (χ4n) is 6.69. The molecule has 3 atom stereocenters. The molecular weight excluding hydrogens is 774 g/mol. The van der Waals surface area contributed by atoms with Crippen LogP contribution in [-0.4, -0.2) is 81.4 Å². The molecule has 310 valence electrons. The number of aromatic nitrogens is 3. The van der Waals surface area contributed by atoms with Crippen LogP contribution in [-0.2, 0) is 68.7 Å². The third-order valence-electron chi connectivity index (χ3n) is 9.05. The summed E-state index contributed by atoms with van der Waals surface area (Å²) in [6.45, 7) is 15.2. The number of hydrogen-bond acceptors (Lipinski definition) is 14. The van der Waals surface area contributed by atoms with E-state index >= 15 is 0 Å². The molecule has 0 bridgehead atoms. The SMILES string of the molecule is CC(=O)O[BH-](OC(C)=O)OC(C)=O.CS[C@@](Cc1ccccc1)(Cc1cn(COCc2ccccc2)c2c(OC(C)(C)C)ncnc12)[C@H](CN)[C@@H]1COC(C)(C)O1.[Na+]. The molecule has 17 heteroatoms. The Balaban J connectivity index is 0.000000554. The van der Waals surface area contributed by atoms with E-state index in [9.17, 15) is 14.4 Å². The summed E-state index contributed by atoms with van der Waals surface area (Å²) in [6, 6.07) is 20.8. The van der Waals surface area contributed by atoms with Gasteiger partial charge in [0.25, 0.3) is 17.9 Å². The maximum atomic E-state index is 10.4. The second-order valence-electron chi connectivity index (χ2n) is 15.3. The van der Waals surface area contributed by atoms with Crippen molar-refractivity contribution in [1.82, 2.24) is 14.5 Å². The van der Waals surface area contributed by atoms with E-state index < -0.39 is 36.6 Å². The maximum absolute atomic E-state index is 10.4. The van der Waals surface area contributed by atoms with Gasteiger partial charge in [-0.2, -0.15) is 16.7 Å². The molecule has 5 rings (SSSR count). The van der Waals surface area contributed by atoms with E-state index in [1.807, 2.05) is 64.6 Å². The first kappa shape index (κ1) is 48.9. The molecule has 3 heterocycles. The van der Waals surface area contributed by atoms with Crippen LogP contribution >= 0.6 is 11.8 Å². The predicted molar refractivity (Wildman–Crippen MR) is 219 cm³/mol. The first-order chi connectivity index (χ1) is 26.9. The summed E-state index contributed by atoms with van der Waals surface area (Å²) in [6.07, 6.45) is 7.31. The zero-order valence-electron chi connectivity index (χ0n) is 35.4. The molecule has 0 saturated carbocycles. The predicted octanol–water partition coefficient (Wildman–Crippen LogP) is 2.79. The molecule has 14 nitrogen and oxygen atoms in total. The smallest absolute Gasteiger partial charge is 0.625 e. The zero-order valence-corrected chi connectivity index (χ0v) is 38.3. The maximum Gasteiger partial charge on any atom is 1.00 e. The van der Waals surface area contributed by atoms with Gasteiger partial charge >= 0.3 is 36.9 Å². The van der Waals surface area contributed by atoms with Crippen molar-refractivity contribution in [2.24, 2.45) is 11.7 Å². The fourth-order valence-corrected chi connectivity index (χ4v) is 7.85. The number of hydrogen-bond donors (Lipinski definition) is 1. The van der Waals surface area contributed by atoms with E-state index in [1.54, 1.807) is 6.33 Å². The Morgan fingerprint density at radius 3 is 1.98 bits per heavy atom. The van der Waals surface area contributed by atoms with E-state index in [0.717, 1.165) is 49.4 Å². The normalized spacial score (nSPS) is 16.3. The number of carbonyl (C=O) groups is 3. The van der Waals surface area contributed by atoms with Gasteiger partial charge < -0.3 is 43.2 Å². The molecule has 1 aliphatic rings. The summed E-state index contributed by atoms with van der Waals surface area (Å²) in [5.41, 5.74) is 11.3. The Morgan fingerprint density at radius 1 is 0.931 bits per heavy atom. The van der Waals surface area contributed by atoms with Gasteiger partial charge in [-0.25, -0.2) is 4.98 Å². The number of thioether (sulfide) groups is 1. The minimum Gasteiger partial charge on any atom is -0.625 e. The molecule has 0 amide bonds. The van der Waals surface area contributed by atoms with Gasteiger partial charge in [0.05, 0.1) is 24.8 Å². The molecule has 0 unspecified atom stereocenters. The first-order valence-electron chi connectivity index (χ1n) is 18.9. The van der Waals surface area contributed by atoms with Crippen molar-refractivity contribution in [2.75, 3.05) is 19.4 Å². The van der Waals surface area contributed by atoms with E-state index in [0.29, 0.717) is 38.8 Å². The Labute approximate surface area is 368 Å². The summed E-state index contributed by atoms with van der Waals surface area (Å²) in [5, 5.41) is 0.